The fourth-order valence-electron chi connectivity index (χ4n) is 4.33. The van der Waals surface area contributed by atoms with Crippen LogP contribution in [0.25, 0.3) is 5.69 Å². The number of nitrogens with one attached hydrogen (secondary N) is 3. The lowest BCUT2D eigenvalue weighted by atomic mass is 10.0. The van der Waals surface area contributed by atoms with Crippen LogP contribution >= 0.6 is 0 Å². The lowest BCUT2D eigenvalue weighted by molar-refractivity contribution is -0.123. The first kappa shape index (κ1) is 30.7. The molecule has 4 rings (SSSR count). The fraction of sp³-hybridized carbons (Fsp3) is 0.414. The van der Waals surface area contributed by atoms with Gasteiger partial charge in [0.15, 0.2) is 5.69 Å². The van der Waals surface area contributed by atoms with Gasteiger partial charge in [-0.15, -0.1) is 5.10 Å². The maximum absolute atomic E-state index is 13.5. The maximum Gasteiger partial charge on any atom is 0.405 e. The molecule has 13 heteroatoms. The van der Waals surface area contributed by atoms with Crippen LogP contribution in [0.15, 0.2) is 54.6 Å². The molecule has 3 N–H and O–H groups in total. The largest absolute Gasteiger partial charge is 0.405 e. The summed E-state index contributed by atoms with van der Waals surface area (Å²) in [7, 11) is 0. The van der Waals surface area contributed by atoms with Crippen LogP contribution in [-0.2, 0) is 17.6 Å². The molecule has 3 amide bonds. The van der Waals surface area contributed by atoms with Gasteiger partial charge < -0.3 is 16.0 Å². The molecule has 1 aromatic heterocycles. The van der Waals surface area contributed by atoms with E-state index in [1.807, 2.05) is 35.6 Å². The normalized spacial score (nSPS) is 13.8. The van der Waals surface area contributed by atoms with Gasteiger partial charge in [0, 0.05) is 18.0 Å². The van der Waals surface area contributed by atoms with Crippen molar-refractivity contribution in [2.45, 2.75) is 63.2 Å². The van der Waals surface area contributed by atoms with Gasteiger partial charge in [-0.05, 0) is 61.9 Å². The van der Waals surface area contributed by atoms with Gasteiger partial charge in [0.2, 0.25) is 5.91 Å². The van der Waals surface area contributed by atoms with Gasteiger partial charge in [-0.25, -0.2) is 4.68 Å². The molecule has 1 aliphatic rings. The van der Waals surface area contributed by atoms with Crippen molar-refractivity contribution in [2.24, 2.45) is 0 Å². The highest BCUT2D eigenvalue weighted by molar-refractivity contribution is 5.97. The standard InChI is InChI=1S/C29H32F4N6O3/c30-16-6-2-5-9-24-25(28(42)36-23(27(41)35-21-12-13-21)17-19-7-3-1-4-8-19)37-38-39(24)22-14-10-20(11-15-22)26(40)34-18-29(31,32)33/h1,3-4,7-8,10-11,14-15,21,23H,2,5-6,9,12-13,16-18H2,(H,34,40)(H,35,41)(H,36,42)/t23-/m0/s1. The first-order valence-corrected chi connectivity index (χ1v) is 13.8. The molecule has 1 aliphatic carbocycles. The van der Waals surface area contributed by atoms with E-state index in [0.717, 1.165) is 18.4 Å². The monoisotopic (exact) mass is 588 g/mol. The van der Waals surface area contributed by atoms with Crippen molar-refractivity contribution in [3.05, 3.63) is 77.1 Å². The van der Waals surface area contributed by atoms with Crippen molar-refractivity contribution < 1.29 is 31.9 Å². The van der Waals surface area contributed by atoms with Crippen LogP contribution < -0.4 is 16.0 Å². The predicted octanol–water partition coefficient (Wildman–Crippen LogP) is 3.86. The van der Waals surface area contributed by atoms with Crippen molar-refractivity contribution in [3.63, 3.8) is 0 Å². The van der Waals surface area contributed by atoms with Crippen LogP contribution in [0.3, 0.4) is 0 Å². The Morgan fingerprint density at radius 2 is 1.67 bits per heavy atom. The number of nitrogens with zero attached hydrogens (tertiary/aromatic N) is 3. The van der Waals surface area contributed by atoms with E-state index in [1.165, 1.54) is 28.9 Å². The van der Waals surface area contributed by atoms with Crippen LogP contribution in [0.1, 0.15) is 64.2 Å². The zero-order valence-electron chi connectivity index (χ0n) is 22.8. The summed E-state index contributed by atoms with van der Waals surface area (Å²) < 4.78 is 51.5. The zero-order chi connectivity index (χ0) is 30.1. The molecule has 1 fully saturated rings. The third-order valence-electron chi connectivity index (χ3n) is 6.68. The molecule has 1 atom stereocenters. The van der Waals surface area contributed by atoms with E-state index in [-0.39, 0.29) is 29.6 Å². The molecule has 0 bridgehead atoms. The molecule has 42 heavy (non-hydrogen) atoms. The highest BCUT2D eigenvalue weighted by Crippen LogP contribution is 2.20. The van der Waals surface area contributed by atoms with Gasteiger partial charge in [0.1, 0.15) is 12.6 Å². The summed E-state index contributed by atoms with van der Waals surface area (Å²) in [4.78, 5) is 38.6. The Kier molecular flexibility index (Phi) is 10.3. The van der Waals surface area contributed by atoms with Crippen molar-refractivity contribution in [2.75, 3.05) is 13.2 Å². The van der Waals surface area contributed by atoms with Crippen molar-refractivity contribution in [1.29, 1.82) is 0 Å². The summed E-state index contributed by atoms with van der Waals surface area (Å²) >= 11 is 0. The number of rotatable bonds is 14. The third kappa shape index (κ3) is 8.85. The van der Waals surface area contributed by atoms with Gasteiger partial charge in [0.05, 0.1) is 18.1 Å². The minimum absolute atomic E-state index is 0.000436. The van der Waals surface area contributed by atoms with E-state index in [0.29, 0.717) is 37.1 Å². The summed E-state index contributed by atoms with van der Waals surface area (Å²) in [5.74, 6) is -1.79. The quantitative estimate of drug-likeness (QED) is 0.195. The number of carbonyl (C=O) groups is 3. The number of alkyl halides is 4. The topological polar surface area (TPSA) is 118 Å². The van der Waals surface area contributed by atoms with E-state index >= 15 is 0 Å². The molecule has 224 valence electrons. The summed E-state index contributed by atoms with van der Waals surface area (Å²) in [6.45, 7) is -1.93. The molecule has 0 saturated heterocycles. The van der Waals surface area contributed by atoms with E-state index in [2.05, 4.69) is 20.9 Å². The summed E-state index contributed by atoms with van der Waals surface area (Å²) in [6.07, 6.45) is -0.735. The van der Waals surface area contributed by atoms with Gasteiger partial charge in [0.25, 0.3) is 11.8 Å². The molecule has 0 aliphatic heterocycles. The first-order valence-electron chi connectivity index (χ1n) is 13.8. The molecule has 0 unspecified atom stereocenters. The lowest BCUT2D eigenvalue weighted by Crippen LogP contribution is -2.48. The highest BCUT2D eigenvalue weighted by Gasteiger charge is 2.31. The molecule has 3 aromatic rings. The molecule has 1 heterocycles. The Morgan fingerprint density at radius 1 is 0.952 bits per heavy atom. The number of unbranched alkanes of at least 4 members (excludes halogenated alkanes) is 2. The highest BCUT2D eigenvalue weighted by atomic mass is 19.4. The van der Waals surface area contributed by atoms with E-state index in [4.69, 9.17) is 0 Å². The first-order chi connectivity index (χ1) is 20.1. The second-order valence-corrected chi connectivity index (χ2v) is 10.1. The van der Waals surface area contributed by atoms with E-state index < -0.39 is 37.3 Å². The second kappa shape index (κ2) is 14.1. The average molecular weight is 589 g/mol. The van der Waals surface area contributed by atoms with Gasteiger partial charge >= 0.3 is 6.18 Å². The molecule has 2 aromatic carbocycles. The van der Waals surface area contributed by atoms with E-state index in [9.17, 15) is 31.9 Å². The Hall–Kier alpha value is -4.29. The van der Waals surface area contributed by atoms with Crippen LogP contribution in [-0.4, -0.2) is 64.2 Å². The van der Waals surface area contributed by atoms with Crippen LogP contribution in [0, 0.1) is 0 Å². The number of aromatic nitrogens is 3. The number of hydrogen-bond donors (Lipinski definition) is 3. The maximum atomic E-state index is 13.5. The fourth-order valence-corrected chi connectivity index (χ4v) is 4.33. The number of amides is 3. The molecule has 9 nitrogen and oxygen atoms in total. The Morgan fingerprint density at radius 3 is 2.31 bits per heavy atom. The number of hydrogen-bond acceptors (Lipinski definition) is 5. The van der Waals surface area contributed by atoms with Crippen molar-refractivity contribution in [1.82, 2.24) is 30.9 Å². The van der Waals surface area contributed by atoms with E-state index in [1.54, 1.807) is 0 Å². The average Bonchev–Trinajstić information content (AvgIpc) is 3.69. The number of halogens is 4. The minimum atomic E-state index is -4.54. The lowest BCUT2D eigenvalue weighted by Gasteiger charge is -2.18. The van der Waals surface area contributed by atoms with Crippen molar-refractivity contribution >= 4 is 17.7 Å². The minimum Gasteiger partial charge on any atom is -0.352 e. The number of benzene rings is 2. The van der Waals surface area contributed by atoms with Crippen LogP contribution in [0.4, 0.5) is 17.6 Å². The van der Waals surface area contributed by atoms with Crippen LogP contribution in [0.5, 0.6) is 0 Å². The smallest absolute Gasteiger partial charge is 0.352 e. The summed E-state index contributed by atoms with van der Waals surface area (Å²) in [5.41, 5.74) is 1.71. The molecule has 0 spiro atoms. The zero-order valence-corrected chi connectivity index (χ0v) is 22.8. The third-order valence-corrected chi connectivity index (χ3v) is 6.68. The van der Waals surface area contributed by atoms with Crippen LogP contribution in [0.2, 0.25) is 0 Å². The summed E-state index contributed by atoms with van der Waals surface area (Å²) in [6, 6.07) is 14.1. The van der Waals surface area contributed by atoms with Gasteiger partial charge in [-0.1, -0.05) is 42.0 Å². The van der Waals surface area contributed by atoms with Gasteiger partial charge in [-0.3, -0.25) is 18.8 Å². The SMILES string of the molecule is O=C(NCC(F)(F)F)c1ccc(-n2nnc(C(=O)N[C@@H](Cc3ccccc3)C(=O)NC3CC3)c2CCCCCF)cc1. The van der Waals surface area contributed by atoms with Gasteiger partial charge in [-0.2, -0.15) is 13.2 Å². The molecule has 1 saturated carbocycles. The predicted molar refractivity (Wildman–Crippen MR) is 146 cm³/mol. The number of carbonyl (C=O) groups excluding carboxylic acids is 3. The molecular formula is C29H32F4N6O3. The molecule has 0 radical (unpaired) electrons. The Balaban J connectivity index is 1.55. The second-order valence-electron chi connectivity index (χ2n) is 10.1. The summed E-state index contributed by atoms with van der Waals surface area (Å²) in [5, 5.41) is 15.8. The van der Waals surface area contributed by atoms with Crippen molar-refractivity contribution in [3.8, 4) is 5.69 Å². The Bertz CT molecular complexity index is 1360. The Labute approximate surface area is 240 Å². The molecular weight excluding hydrogens is 556 g/mol.